The first kappa shape index (κ1) is 14.6. The molecular weight excluding hydrogens is 259 g/mol. The summed E-state index contributed by atoms with van der Waals surface area (Å²) < 4.78 is 40.1. The van der Waals surface area contributed by atoms with Crippen molar-refractivity contribution in [1.82, 2.24) is 4.90 Å². The summed E-state index contributed by atoms with van der Waals surface area (Å²) in [6, 6.07) is 0. The quantitative estimate of drug-likeness (QED) is 0.776. The summed E-state index contributed by atoms with van der Waals surface area (Å²) in [5.74, 6) is -4.27. The van der Waals surface area contributed by atoms with Crippen molar-refractivity contribution in [2.45, 2.75) is 37.5 Å². The van der Waals surface area contributed by atoms with E-state index < -0.39 is 30.0 Å². The lowest BCUT2D eigenvalue weighted by Gasteiger charge is -2.34. The van der Waals surface area contributed by atoms with E-state index in [4.69, 9.17) is 11.6 Å². The van der Waals surface area contributed by atoms with Gasteiger partial charge in [-0.1, -0.05) is 0 Å². The highest BCUT2D eigenvalue weighted by Gasteiger charge is 2.55. The van der Waals surface area contributed by atoms with Crippen molar-refractivity contribution in [1.29, 1.82) is 0 Å². The van der Waals surface area contributed by atoms with Gasteiger partial charge in [-0.05, 0) is 6.42 Å². The monoisotopic (exact) mass is 273 g/mol. The van der Waals surface area contributed by atoms with Crippen LogP contribution in [0.25, 0.3) is 0 Å². The minimum Gasteiger partial charge on any atom is -0.380 e. The van der Waals surface area contributed by atoms with Gasteiger partial charge >= 0.3 is 0 Å². The van der Waals surface area contributed by atoms with Crippen LogP contribution in [0.1, 0.15) is 19.8 Å². The van der Waals surface area contributed by atoms with Crippen molar-refractivity contribution < 1.29 is 23.1 Å². The highest BCUT2D eigenvalue weighted by atomic mass is 35.5. The molecule has 3 nitrogen and oxygen atoms in total. The van der Waals surface area contributed by atoms with E-state index in [1.165, 1.54) is 4.90 Å². The van der Waals surface area contributed by atoms with Gasteiger partial charge in [0.1, 0.15) is 12.1 Å². The molecule has 0 aliphatic carbocycles. The van der Waals surface area contributed by atoms with Crippen LogP contribution in [-0.4, -0.2) is 52.6 Å². The molecule has 1 N–H and O–H groups in total. The third-order valence-electron chi connectivity index (χ3n) is 3.16. The molecule has 1 fully saturated rings. The molecule has 0 saturated carbocycles. The number of aliphatic hydroxyl groups is 1. The van der Waals surface area contributed by atoms with Gasteiger partial charge in [0.15, 0.2) is 5.60 Å². The van der Waals surface area contributed by atoms with E-state index in [0.717, 1.165) is 0 Å². The van der Waals surface area contributed by atoms with Gasteiger partial charge in [-0.15, -0.1) is 11.6 Å². The summed E-state index contributed by atoms with van der Waals surface area (Å²) in [4.78, 5) is 12.5. The van der Waals surface area contributed by atoms with Crippen LogP contribution in [-0.2, 0) is 4.79 Å². The van der Waals surface area contributed by atoms with E-state index in [2.05, 4.69) is 0 Å². The number of amides is 1. The highest BCUT2D eigenvalue weighted by Crippen LogP contribution is 2.38. The Labute approximate surface area is 103 Å². The molecule has 0 bridgehead atoms. The van der Waals surface area contributed by atoms with Gasteiger partial charge in [-0.25, -0.2) is 13.2 Å². The molecule has 1 amide bonds. The number of carbonyl (C=O) groups excluding carboxylic acids is 1. The lowest BCUT2D eigenvalue weighted by atomic mass is 9.87. The molecule has 1 heterocycles. The second-order valence-corrected chi connectivity index (χ2v) is 4.60. The number of halogens is 4. The molecule has 1 aliphatic rings. The van der Waals surface area contributed by atoms with Crippen LogP contribution < -0.4 is 0 Å². The third-order valence-corrected chi connectivity index (χ3v) is 3.39. The zero-order valence-corrected chi connectivity index (χ0v) is 10.2. The van der Waals surface area contributed by atoms with Crippen molar-refractivity contribution in [3.8, 4) is 0 Å². The van der Waals surface area contributed by atoms with E-state index in [-0.39, 0.29) is 25.4 Å². The number of carbonyl (C=O) groups is 1. The Balaban J connectivity index is 2.83. The SMILES string of the molecule is CC(F)(F)C1(O)CCN(C(=O)CCl)CCC1F. The summed E-state index contributed by atoms with van der Waals surface area (Å²) in [5, 5.41) is 9.73. The van der Waals surface area contributed by atoms with Crippen molar-refractivity contribution in [3.63, 3.8) is 0 Å². The fourth-order valence-corrected chi connectivity index (χ4v) is 2.08. The Bertz CT molecular complexity index is 298. The van der Waals surface area contributed by atoms with Crippen LogP contribution in [0.2, 0.25) is 0 Å². The smallest absolute Gasteiger partial charge is 0.276 e. The van der Waals surface area contributed by atoms with Gasteiger partial charge in [-0.2, -0.15) is 0 Å². The Hall–Kier alpha value is -0.490. The van der Waals surface area contributed by atoms with E-state index >= 15 is 0 Å². The van der Waals surface area contributed by atoms with Gasteiger partial charge in [0.25, 0.3) is 5.92 Å². The zero-order chi connectivity index (χ0) is 13.3. The Morgan fingerprint density at radius 2 is 2.18 bits per heavy atom. The molecule has 0 aromatic carbocycles. The van der Waals surface area contributed by atoms with E-state index in [0.29, 0.717) is 6.92 Å². The average Bonchev–Trinajstić information content (AvgIpc) is 2.39. The fourth-order valence-electron chi connectivity index (χ4n) is 1.91. The molecule has 1 aliphatic heterocycles. The molecule has 100 valence electrons. The fraction of sp³-hybridized carbons (Fsp3) is 0.900. The van der Waals surface area contributed by atoms with Crippen LogP contribution in [0, 0.1) is 0 Å². The molecule has 2 unspecified atom stereocenters. The van der Waals surface area contributed by atoms with Crippen molar-refractivity contribution >= 4 is 17.5 Å². The van der Waals surface area contributed by atoms with Crippen molar-refractivity contribution in [2.24, 2.45) is 0 Å². The van der Waals surface area contributed by atoms with Crippen LogP contribution in [0.15, 0.2) is 0 Å². The molecule has 0 aromatic rings. The molecule has 1 rings (SSSR count). The summed E-state index contributed by atoms with van der Waals surface area (Å²) in [7, 11) is 0. The normalized spacial score (nSPS) is 31.2. The Kier molecular flexibility index (Phi) is 4.30. The minimum absolute atomic E-state index is 0.00882. The second kappa shape index (κ2) is 5.02. The Morgan fingerprint density at radius 3 is 2.65 bits per heavy atom. The summed E-state index contributed by atoms with van der Waals surface area (Å²) >= 11 is 5.34. The van der Waals surface area contributed by atoms with Gasteiger partial charge < -0.3 is 10.0 Å². The first-order valence-corrected chi connectivity index (χ1v) is 5.84. The number of alkyl halides is 4. The predicted octanol–water partition coefficient (Wildman–Crippen LogP) is 1.57. The topological polar surface area (TPSA) is 40.5 Å². The van der Waals surface area contributed by atoms with Gasteiger partial charge in [-0.3, -0.25) is 4.79 Å². The number of likely N-dealkylation sites (tertiary alicyclic amines) is 1. The van der Waals surface area contributed by atoms with Crippen LogP contribution >= 0.6 is 11.6 Å². The summed E-state index contributed by atoms with van der Waals surface area (Å²) in [6.07, 6.45) is -2.88. The summed E-state index contributed by atoms with van der Waals surface area (Å²) in [5.41, 5.74) is -2.71. The molecule has 7 heteroatoms. The lowest BCUT2D eigenvalue weighted by Crippen LogP contribution is -2.53. The van der Waals surface area contributed by atoms with Crippen LogP contribution in [0.5, 0.6) is 0 Å². The molecule has 0 spiro atoms. The van der Waals surface area contributed by atoms with E-state index in [9.17, 15) is 23.1 Å². The number of hydrogen-bond acceptors (Lipinski definition) is 2. The maximum atomic E-state index is 13.6. The first-order chi connectivity index (χ1) is 7.72. The second-order valence-electron chi connectivity index (χ2n) is 4.33. The van der Waals surface area contributed by atoms with E-state index in [1.807, 2.05) is 0 Å². The van der Waals surface area contributed by atoms with Crippen molar-refractivity contribution in [3.05, 3.63) is 0 Å². The van der Waals surface area contributed by atoms with Crippen molar-refractivity contribution in [2.75, 3.05) is 19.0 Å². The average molecular weight is 274 g/mol. The number of rotatable bonds is 2. The maximum absolute atomic E-state index is 13.6. The molecular formula is C10H15ClF3NO2. The Morgan fingerprint density at radius 1 is 1.59 bits per heavy atom. The molecule has 0 radical (unpaired) electrons. The largest absolute Gasteiger partial charge is 0.380 e. The molecule has 1 saturated heterocycles. The standard InChI is InChI=1S/C10H15ClF3NO2/c1-9(13,14)10(17)3-5-15(8(16)6-11)4-2-7(10)12/h7,17H,2-6H2,1H3. The molecule has 0 aromatic heterocycles. The maximum Gasteiger partial charge on any atom is 0.276 e. The van der Waals surface area contributed by atoms with Crippen LogP contribution in [0.4, 0.5) is 13.2 Å². The number of nitrogens with zero attached hydrogens (tertiary/aromatic N) is 1. The minimum atomic E-state index is -3.55. The summed E-state index contributed by atoms with van der Waals surface area (Å²) in [6.45, 7) is 0.357. The number of hydrogen-bond donors (Lipinski definition) is 1. The highest BCUT2D eigenvalue weighted by molar-refractivity contribution is 6.27. The molecule has 17 heavy (non-hydrogen) atoms. The van der Waals surface area contributed by atoms with Gasteiger partial charge in [0, 0.05) is 26.4 Å². The lowest BCUT2D eigenvalue weighted by molar-refractivity contribution is -0.202. The predicted molar refractivity (Wildman–Crippen MR) is 57.0 cm³/mol. The van der Waals surface area contributed by atoms with Gasteiger partial charge in [0.2, 0.25) is 5.91 Å². The molecule has 2 atom stereocenters. The van der Waals surface area contributed by atoms with E-state index in [1.54, 1.807) is 0 Å². The van der Waals surface area contributed by atoms with Gasteiger partial charge in [0.05, 0.1) is 0 Å². The zero-order valence-electron chi connectivity index (χ0n) is 9.43. The first-order valence-electron chi connectivity index (χ1n) is 5.30. The third kappa shape index (κ3) is 2.85. The van der Waals surface area contributed by atoms with Crippen LogP contribution in [0.3, 0.4) is 0 Å².